The van der Waals surface area contributed by atoms with Gasteiger partial charge in [-0.1, -0.05) is 0 Å². The number of fused-ring (bicyclic) bond motifs is 1. The van der Waals surface area contributed by atoms with Crippen LogP contribution in [0.15, 0.2) is 10.9 Å². The number of carbonyl (C=O) groups is 2. The summed E-state index contributed by atoms with van der Waals surface area (Å²) >= 11 is 0. The molecule has 7 nitrogen and oxygen atoms in total. The molecule has 0 aromatic carbocycles. The van der Waals surface area contributed by atoms with E-state index < -0.39 is 11.2 Å². The quantitative estimate of drug-likeness (QED) is 0.835. The zero-order chi connectivity index (χ0) is 17.4. The van der Waals surface area contributed by atoms with E-state index in [9.17, 15) is 19.5 Å². The molecule has 0 atom stereocenters. The lowest BCUT2D eigenvalue weighted by Crippen LogP contribution is -2.46. The fourth-order valence-corrected chi connectivity index (χ4v) is 3.09. The Kier molecular flexibility index (Phi) is 4.34. The third kappa shape index (κ3) is 3.16. The predicted octanol–water partition coefficient (Wildman–Crippen LogP) is 0.834. The largest absolute Gasteiger partial charge is 0.503 e. The Balaban J connectivity index is 1.86. The van der Waals surface area contributed by atoms with Gasteiger partial charge >= 0.3 is 0 Å². The smallest absolute Gasteiger partial charge is 0.274 e. The first-order chi connectivity index (χ1) is 11.4. The molecule has 3 rings (SSSR count). The number of aromatic hydroxyl groups is 1. The fourth-order valence-electron chi connectivity index (χ4n) is 3.09. The van der Waals surface area contributed by atoms with Crippen LogP contribution in [0.2, 0.25) is 0 Å². The summed E-state index contributed by atoms with van der Waals surface area (Å²) in [6.07, 6.45) is 2.71. The van der Waals surface area contributed by atoms with Crippen molar-refractivity contribution in [1.29, 1.82) is 0 Å². The van der Waals surface area contributed by atoms with E-state index in [0.717, 1.165) is 12.8 Å². The number of hydrogen-bond acceptors (Lipinski definition) is 4. The normalized spacial score (nSPS) is 17.1. The highest BCUT2D eigenvalue weighted by atomic mass is 16.3. The molecule has 0 saturated heterocycles. The second-order valence-electron chi connectivity index (χ2n) is 6.87. The van der Waals surface area contributed by atoms with Crippen molar-refractivity contribution in [3.8, 4) is 5.75 Å². The van der Waals surface area contributed by atoms with E-state index in [1.807, 2.05) is 13.8 Å². The first-order valence-corrected chi connectivity index (χ1v) is 8.41. The van der Waals surface area contributed by atoms with E-state index in [1.54, 1.807) is 9.47 Å². The van der Waals surface area contributed by atoms with Gasteiger partial charge in [0.2, 0.25) is 11.3 Å². The molecule has 0 radical (unpaired) electrons. The van der Waals surface area contributed by atoms with Crippen LogP contribution in [0.1, 0.15) is 49.3 Å². The Bertz CT molecular complexity index is 734. The number of nitrogens with zero attached hydrogens (tertiary/aromatic N) is 2. The monoisotopic (exact) mass is 333 g/mol. The van der Waals surface area contributed by atoms with Crippen molar-refractivity contribution in [2.45, 2.75) is 52.2 Å². The highest BCUT2D eigenvalue weighted by Gasteiger charge is 2.31. The Labute approximate surface area is 140 Å². The molecule has 7 heteroatoms. The lowest BCUT2D eigenvalue weighted by Gasteiger charge is -2.34. The average molecular weight is 333 g/mol. The van der Waals surface area contributed by atoms with E-state index in [0.29, 0.717) is 31.1 Å². The maximum atomic E-state index is 12.6. The minimum atomic E-state index is -0.591. The third-order valence-electron chi connectivity index (χ3n) is 4.66. The molecule has 1 saturated carbocycles. The van der Waals surface area contributed by atoms with Gasteiger partial charge in [-0.25, -0.2) is 0 Å². The van der Waals surface area contributed by atoms with Crippen LogP contribution in [0.25, 0.3) is 0 Å². The van der Waals surface area contributed by atoms with Crippen molar-refractivity contribution in [3.63, 3.8) is 0 Å². The third-order valence-corrected chi connectivity index (χ3v) is 4.66. The summed E-state index contributed by atoms with van der Waals surface area (Å²) in [6.45, 7) is 4.97. The highest BCUT2D eigenvalue weighted by Crippen LogP contribution is 2.32. The van der Waals surface area contributed by atoms with Crippen LogP contribution in [0.4, 0.5) is 0 Å². The number of pyridine rings is 1. The molecule has 1 aromatic rings. The van der Waals surface area contributed by atoms with E-state index in [2.05, 4.69) is 5.32 Å². The van der Waals surface area contributed by atoms with Crippen molar-refractivity contribution >= 4 is 11.8 Å². The molecule has 2 amide bonds. The average Bonchev–Trinajstić information content (AvgIpc) is 3.32. The Hall–Kier alpha value is -2.31. The number of aromatic nitrogens is 1. The molecular formula is C17H23N3O4. The van der Waals surface area contributed by atoms with Crippen LogP contribution in [0.3, 0.4) is 0 Å². The summed E-state index contributed by atoms with van der Waals surface area (Å²) in [5, 5.41) is 12.9. The predicted molar refractivity (Wildman–Crippen MR) is 87.7 cm³/mol. The SMILES string of the molecule is CC(C)N1CCn2c(CNC(=O)CC3CC3)cc(=O)c(O)c2C1=O. The Morgan fingerprint density at radius 1 is 1.33 bits per heavy atom. The van der Waals surface area contributed by atoms with Gasteiger partial charge in [0.1, 0.15) is 0 Å². The lowest BCUT2D eigenvalue weighted by atomic mass is 10.1. The maximum Gasteiger partial charge on any atom is 0.274 e. The molecule has 1 aliphatic heterocycles. The Morgan fingerprint density at radius 3 is 2.67 bits per heavy atom. The molecular weight excluding hydrogens is 310 g/mol. The summed E-state index contributed by atoms with van der Waals surface area (Å²) in [4.78, 5) is 38.1. The van der Waals surface area contributed by atoms with Crippen LogP contribution in [0, 0.1) is 5.92 Å². The molecule has 2 aliphatic rings. The van der Waals surface area contributed by atoms with Crippen molar-refractivity contribution in [2.75, 3.05) is 6.54 Å². The van der Waals surface area contributed by atoms with E-state index >= 15 is 0 Å². The lowest BCUT2D eigenvalue weighted by molar-refractivity contribution is -0.121. The zero-order valence-corrected chi connectivity index (χ0v) is 14.0. The van der Waals surface area contributed by atoms with Crippen LogP contribution < -0.4 is 10.7 Å². The second-order valence-corrected chi connectivity index (χ2v) is 6.87. The molecule has 0 spiro atoms. The summed E-state index contributed by atoms with van der Waals surface area (Å²) in [5.41, 5.74) is -0.0192. The summed E-state index contributed by atoms with van der Waals surface area (Å²) < 4.78 is 1.65. The fraction of sp³-hybridized carbons (Fsp3) is 0.588. The van der Waals surface area contributed by atoms with Crippen LogP contribution in [0.5, 0.6) is 5.75 Å². The van der Waals surface area contributed by atoms with Crippen molar-refractivity contribution in [1.82, 2.24) is 14.8 Å². The topological polar surface area (TPSA) is 91.6 Å². The first-order valence-electron chi connectivity index (χ1n) is 8.41. The first kappa shape index (κ1) is 16.5. The molecule has 2 N–H and O–H groups in total. The van der Waals surface area contributed by atoms with Crippen molar-refractivity contribution in [3.05, 3.63) is 27.7 Å². The highest BCUT2D eigenvalue weighted by molar-refractivity contribution is 5.96. The molecule has 0 bridgehead atoms. The number of amides is 2. The van der Waals surface area contributed by atoms with Crippen molar-refractivity contribution in [2.24, 2.45) is 5.92 Å². The molecule has 1 aromatic heterocycles. The second kappa shape index (κ2) is 6.30. The zero-order valence-electron chi connectivity index (χ0n) is 14.0. The van der Waals surface area contributed by atoms with E-state index in [4.69, 9.17) is 0 Å². The van der Waals surface area contributed by atoms with Gasteiger partial charge in [-0.15, -0.1) is 0 Å². The van der Waals surface area contributed by atoms with Crippen LogP contribution in [-0.2, 0) is 17.9 Å². The summed E-state index contributed by atoms with van der Waals surface area (Å²) in [6, 6.07) is 1.29. The van der Waals surface area contributed by atoms with Gasteiger partial charge in [0.05, 0.1) is 6.54 Å². The minimum absolute atomic E-state index is 0.0114. The van der Waals surface area contributed by atoms with E-state index in [1.165, 1.54) is 6.07 Å². The van der Waals surface area contributed by atoms with Gasteiger partial charge in [0.25, 0.3) is 5.91 Å². The van der Waals surface area contributed by atoms with Crippen LogP contribution in [-0.4, -0.2) is 39.0 Å². The van der Waals surface area contributed by atoms with Gasteiger partial charge in [0.15, 0.2) is 11.4 Å². The molecule has 1 aliphatic carbocycles. The van der Waals surface area contributed by atoms with E-state index in [-0.39, 0.29) is 30.1 Å². The molecule has 130 valence electrons. The van der Waals surface area contributed by atoms with Gasteiger partial charge in [0, 0.05) is 37.3 Å². The van der Waals surface area contributed by atoms with Crippen LogP contribution >= 0.6 is 0 Å². The maximum absolute atomic E-state index is 12.6. The number of rotatable bonds is 5. The van der Waals surface area contributed by atoms with Crippen molar-refractivity contribution < 1.29 is 14.7 Å². The Morgan fingerprint density at radius 2 is 2.04 bits per heavy atom. The molecule has 24 heavy (non-hydrogen) atoms. The number of carbonyl (C=O) groups excluding carboxylic acids is 2. The summed E-state index contributed by atoms with van der Waals surface area (Å²) in [5.74, 6) is -0.420. The van der Waals surface area contributed by atoms with Gasteiger partial charge in [-0.2, -0.15) is 0 Å². The minimum Gasteiger partial charge on any atom is -0.503 e. The number of hydrogen-bond donors (Lipinski definition) is 2. The van der Waals surface area contributed by atoms with Gasteiger partial charge < -0.3 is 19.9 Å². The molecule has 1 fully saturated rings. The molecule has 2 heterocycles. The molecule has 0 unspecified atom stereocenters. The number of nitrogens with one attached hydrogen (secondary N) is 1. The van der Waals surface area contributed by atoms with Gasteiger partial charge in [-0.05, 0) is 32.6 Å². The van der Waals surface area contributed by atoms with Gasteiger partial charge in [-0.3, -0.25) is 14.4 Å². The summed E-state index contributed by atoms with van der Waals surface area (Å²) in [7, 11) is 0. The standard InChI is InChI=1S/C17H23N3O4/c1-10(2)19-5-6-20-12(9-18-14(22)7-11-3-4-11)8-13(21)16(23)15(20)17(19)24/h8,10-11,23H,3-7,9H2,1-2H3,(H,18,22).